The summed E-state index contributed by atoms with van der Waals surface area (Å²) in [7, 11) is 0. The van der Waals surface area contributed by atoms with E-state index in [1.807, 2.05) is 32.0 Å². The van der Waals surface area contributed by atoms with Crippen molar-refractivity contribution in [1.82, 2.24) is 9.97 Å². The second kappa shape index (κ2) is 5.88. The number of anilines is 1. The van der Waals surface area contributed by atoms with Crippen LogP contribution in [0.2, 0.25) is 0 Å². The van der Waals surface area contributed by atoms with E-state index in [-0.39, 0.29) is 12.5 Å². The lowest BCUT2D eigenvalue weighted by atomic mass is 10.2. The average Bonchev–Trinajstić information content (AvgIpc) is 3.14. The minimum absolute atomic E-state index is 0.0659. The molecule has 0 unspecified atom stereocenters. The molecule has 1 aliphatic rings. The Bertz CT molecular complexity index is 977. The molecule has 0 fully saturated rings. The maximum absolute atomic E-state index is 12.6. The summed E-state index contributed by atoms with van der Waals surface area (Å²) in [5, 5.41) is 0.734. The van der Waals surface area contributed by atoms with Gasteiger partial charge in [0.05, 0.1) is 0 Å². The Kier molecular flexibility index (Phi) is 3.67. The predicted molar refractivity (Wildman–Crippen MR) is 94.0 cm³/mol. The molecule has 0 atom stereocenters. The topological polar surface area (TPSA) is 68.5 Å². The smallest absolute Gasteiger partial charge is 0.264 e. The second-order valence-electron chi connectivity index (χ2n) is 6.25. The van der Waals surface area contributed by atoms with Crippen molar-refractivity contribution >= 4 is 22.7 Å². The lowest BCUT2D eigenvalue weighted by Crippen LogP contribution is -2.33. The van der Waals surface area contributed by atoms with Crippen LogP contribution in [0.25, 0.3) is 11.1 Å². The second-order valence-corrected chi connectivity index (χ2v) is 6.25. The van der Waals surface area contributed by atoms with Crippen molar-refractivity contribution in [1.29, 1.82) is 0 Å². The third-order valence-electron chi connectivity index (χ3n) is 4.63. The van der Waals surface area contributed by atoms with Gasteiger partial charge in [0.2, 0.25) is 11.6 Å². The molecule has 0 bridgehead atoms. The number of carbonyl (C=O) groups excluding carboxylic acids is 1. The number of aromatic nitrogens is 2. The number of furan rings is 1. The van der Waals surface area contributed by atoms with Gasteiger partial charge in [0.1, 0.15) is 17.0 Å². The largest absolute Gasteiger partial charge is 0.467 e. The van der Waals surface area contributed by atoms with E-state index < -0.39 is 0 Å². The number of nitrogens with zero attached hydrogens (tertiary/aromatic N) is 3. The van der Waals surface area contributed by atoms with Crippen molar-refractivity contribution in [3.63, 3.8) is 0 Å². The van der Waals surface area contributed by atoms with Crippen LogP contribution >= 0.6 is 0 Å². The first-order valence-electron chi connectivity index (χ1n) is 8.30. The summed E-state index contributed by atoms with van der Waals surface area (Å²) in [6.45, 7) is 6.21. The zero-order valence-electron chi connectivity index (χ0n) is 14.5. The molecule has 3 heterocycles. The van der Waals surface area contributed by atoms with Crippen LogP contribution in [0.4, 0.5) is 5.69 Å². The number of rotatable bonds is 3. The minimum atomic E-state index is -0.0766. The van der Waals surface area contributed by atoms with Gasteiger partial charge in [0, 0.05) is 17.8 Å². The van der Waals surface area contributed by atoms with Gasteiger partial charge in [-0.05, 0) is 38.8 Å². The van der Waals surface area contributed by atoms with E-state index in [1.54, 1.807) is 11.8 Å². The van der Waals surface area contributed by atoms with Gasteiger partial charge in [-0.15, -0.1) is 0 Å². The summed E-state index contributed by atoms with van der Waals surface area (Å²) >= 11 is 0. The van der Waals surface area contributed by atoms with Gasteiger partial charge < -0.3 is 14.1 Å². The molecule has 6 heteroatoms. The highest BCUT2D eigenvalue weighted by Gasteiger charge is 2.25. The summed E-state index contributed by atoms with van der Waals surface area (Å²) in [6, 6.07) is 7.96. The lowest BCUT2D eigenvalue weighted by molar-refractivity contribution is -0.120. The van der Waals surface area contributed by atoms with E-state index >= 15 is 0 Å². The molecule has 1 aliphatic heterocycles. The van der Waals surface area contributed by atoms with E-state index in [2.05, 4.69) is 16.0 Å². The molecule has 1 amide bonds. The van der Waals surface area contributed by atoms with Crippen LogP contribution in [-0.2, 0) is 11.2 Å². The highest BCUT2D eigenvalue weighted by Crippen LogP contribution is 2.31. The Labute approximate surface area is 145 Å². The van der Waals surface area contributed by atoms with Crippen molar-refractivity contribution in [2.24, 2.45) is 0 Å². The van der Waals surface area contributed by atoms with E-state index in [1.165, 1.54) is 5.56 Å². The van der Waals surface area contributed by atoms with Gasteiger partial charge in [-0.1, -0.05) is 18.2 Å². The molecule has 2 aromatic heterocycles. The SMILES string of the molecule is Cc1nc(OCC(=O)N2CCc3ccccc32)c2c(C)c(C)oc2n1. The summed E-state index contributed by atoms with van der Waals surface area (Å²) < 4.78 is 11.4. The van der Waals surface area contributed by atoms with Crippen molar-refractivity contribution in [3.8, 4) is 5.88 Å². The van der Waals surface area contributed by atoms with Crippen LogP contribution in [0.15, 0.2) is 28.7 Å². The fourth-order valence-corrected chi connectivity index (χ4v) is 3.22. The Hall–Kier alpha value is -2.89. The van der Waals surface area contributed by atoms with Gasteiger partial charge in [0.25, 0.3) is 5.91 Å². The molecule has 0 aliphatic carbocycles. The van der Waals surface area contributed by atoms with Gasteiger partial charge in [0.15, 0.2) is 6.61 Å². The molecule has 0 spiro atoms. The molecule has 0 radical (unpaired) electrons. The number of ether oxygens (including phenoxy) is 1. The van der Waals surface area contributed by atoms with Crippen LogP contribution < -0.4 is 9.64 Å². The highest BCUT2D eigenvalue weighted by molar-refractivity contribution is 5.96. The number of fused-ring (bicyclic) bond motifs is 2. The standard InChI is InChI=1S/C19H19N3O3/c1-11-12(2)25-19-17(11)18(20-13(3)21-19)24-10-16(23)22-9-8-14-6-4-5-7-15(14)22/h4-7H,8-10H2,1-3H3. The van der Waals surface area contributed by atoms with E-state index in [9.17, 15) is 4.79 Å². The molecule has 0 N–H and O–H groups in total. The minimum Gasteiger partial charge on any atom is -0.467 e. The fourth-order valence-electron chi connectivity index (χ4n) is 3.22. The number of amides is 1. The number of hydrogen-bond donors (Lipinski definition) is 0. The van der Waals surface area contributed by atoms with Crippen LogP contribution in [0.1, 0.15) is 22.7 Å². The zero-order valence-corrected chi connectivity index (χ0v) is 14.5. The summed E-state index contributed by atoms with van der Waals surface area (Å²) in [5.41, 5.74) is 3.59. The molecule has 6 nitrogen and oxygen atoms in total. The van der Waals surface area contributed by atoms with E-state index in [4.69, 9.17) is 9.15 Å². The Morgan fingerprint density at radius 2 is 2.04 bits per heavy atom. The molecule has 4 rings (SSSR count). The molecule has 0 saturated heterocycles. The van der Waals surface area contributed by atoms with E-state index in [0.717, 1.165) is 28.8 Å². The third kappa shape index (κ3) is 2.63. The van der Waals surface area contributed by atoms with Crippen molar-refractivity contribution in [2.75, 3.05) is 18.1 Å². The Balaban J connectivity index is 1.58. The maximum Gasteiger partial charge on any atom is 0.264 e. The number of para-hydroxylation sites is 1. The Morgan fingerprint density at radius 1 is 1.24 bits per heavy atom. The van der Waals surface area contributed by atoms with Crippen LogP contribution in [0.3, 0.4) is 0 Å². The van der Waals surface area contributed by atoms with E-state index in [0.29, 0.717) is 24.0 Å². The number of benzene rings is 1. The first kappa shape index (κ1) is 15.6. The van der Waals surface area contributed by atoms with Gasteiger partial charge in [-0.3, -0.25) is 4.79 Å². The molecular weight excluding hydrogens is 318 g/mol. The molecule has 128 valence electrons. The Morgan fingerprint density at radius 3 is 2.88 bits per heavy atom. The first-order valence-corrected chi connectivity index (χ1v) is 8.30. The molecular formula is C19H19N3O3. The molecule has 0 saturated carbocycles. The molecule has 25 heavy (non-hydrogen) atoms. The lowest BCUT2D eigenvalue weighted by Gasteiger charge is -2.17. The normalized spacial score (nSPS) is 13.3. The van der Waals surface area contributed by atoms with Crippen molar-refractivity contribution < 1.29 is 13.9 Å². The van der Waals surface area contributed by atoms with Crippen molar-refractivity contribution in [3.05, 3.63) is 47.0 Å². The third-order valence-corrected chi connectivity index (χ3v) is 4.63. The van der Waals surface area contributed by atoms with Crippen LogP contribution in [0, 0.1) is 20.8 Å². The molecule has 1 aromatic carbocycles. The summed E-state index contributed by atoms with van der Waals surface area (Å²) in [4.78, 5) is 23.1. The zero-order chi connectivity index (χ0) is 17.6. The monoisotopic (exact) mass is 337 g/mol. The predicted octanol–water partition coefficient (Wildman–Crippen LogP) is 3.12. The van der Waals surface area contributed by atoms with Crippen LogP contribution in [-0.4, -0.2) is 29.0 Å². The number of hydrogen-bond acceptors (Lipinski definition) is 5. The summed E-state index contributed by atoms with van der Waals surface area (Å²) in [5.74, 6) is 1.65. The molecule has 3 aromatic rings. The summed E-state index contributed by atoms with van der Waals surface area (Å²) in [6.07, 6.45) is 0.874. The van der Waals surface area contributed by atoms with Gasteiger partial charge >= 0.3 is 0 Å². The van der Waals surface area contributed by atoms with Gasteiger partial charge in [-0.2, -0.15) is 9.97 Å². The average molecular weight is 337 g/mol. The van der Waals surface area contributed by atoms with Gasteiger partial charge in [-0.25, -0.2) is 0 Å². The number of carbonyl (C=O) groups is 1. The first-order chi connectivity index (χ1) is 12.0. The van der Waals surface area contributed by atoms with Crippen LogP contribution in [0.5, 0.6) is 5.88 Å². The maximum atomic E-state index is 12.6. The highest BCUT2D eigenvalue weighted by atomic mass is 16.5. The number of aryl methyl sites for hydroxylation is 3. The quantitative estimate of drug-likeness (QED) is 0.734. The van der Waals surface area contributed by atoms with Crippen molar-refractivity contribution in [2.45, 2.75) is 27.2 Å². The fraction of sp³-hybridized carbons (Fsp3) is 0.316.